The van der Waals surface area contributed by atoms with E-state index >= 15 is 0 Å². The Kier molecular flexibility index (Phi) is 4.96. The standard InChI is InChI=1S/C12H20O4/c1-3-12(8-16-9-12)7-15-6-4-5-10(2)11(13)14/h2-9H2,1H3,(H,13,14). The molecule has 1 rings (SSSR count). The third-order valence-electron chi connectivity index (χ3n) is 3.04. The van der Waals surface area contributed by atoms with Crippen molar-refractivity contribution < 1.29 is 19.4 Å². The van der Waals surface area contributed by atoms with Gasteiger partial charge in [-0.05, 0) is 19.3 Å². The SMILES string of the molecule is C=C(CCCOCC1(CC)COC1)C(=O)O. The lowest BCUT2D eigenvalue weighted by Gasteiger charge is -2.40. The lowest BCUT2D eigenvalue weighted by atomic mass is 9.84. The molecule has 1 aliphatic heterocycles. The zero-order valence-corrected chi connectivity index (χ0v) is 9.83. The van der Waals surface area contributed by atoms with Gasteiger partial charge < -0.3 is 14.6 Å². The first kappa shape index (κ1) is 13.2. The molecular formula is C12H20O4. The normalized spacial score (nSPS) is 17.8. The van der Waals surface area contributed by atoms with E-state index in [4.69, 9.17) is 14.6 Å². The van der Waals surface area contributed by atoms with Crippen molar-refractivity contribution in [1.29, 1.82) is 0 Å². The summed E-state index contributed by atoms with van der Waals surface area (Å²) >= 11 is 0. The molecule has 0 bridgehead atoms. The van der Waals surface area contributed by atoms with Crippen LogP contribution in [0.4, 0.5) is 0 Å². The first-order chi connectivity index (χ1) is 7.59. The molecule has 4 heteroatoms. The van der Waals surface area contributed by atoms with E-state index in [2.05, 4.69) is 13.5 Å². The lowest BCUT2D eigenvalue weighted by Crippen LogP contribution is -2.45. The third kappa shape index (κ3) is 3.61. The molecule has 1 fully saturated rings. The molecule has 0 amide bonds. The molecule has 1 heterocycles. The van der Waals surface area contributed by atoms with Crippen LogP contribution in [-0.4, -0.2) is 37.5 Å². The van der Waals surface area contributed by atoms with Crippen molar-refractivity contribution in [3.05, 3.63) is 12.2 Å². The molecule has 1 aliphatic rings. The van der Waals surface area contributed by atoms with Crippen LogP contribution in [-0.2, 0) is 14.3 Å². The molecule has 16 heavy (non-hydrogen) atoms. The van der Waals surface area contributed by atoms with E-state index in [1.165, 1.54) is 0 Å². The number of ether oxygens (including phenoxy) is 2. The maximum atomic E-state index is 10.5. The van der Waals surface area contributed by atoms with Crippen molar-refractivity contribution >= 4 is 5.97 Å². The quantitative estimate of drug-likeness (QED) is 0.509. The van der Waals surface area contributed by atoms with Gasteiger partial charge in [0.2, 0.25) is 0 Å². The lowest BCUT2D eigenvalue weighted by molar-refractivity contribution is -0.150. The van der Waals surface area contributed by atoms with Crippen molar-refractivity contribution in [3.8, 4) is 0 Å². The Bertz CT molecular complexity index is 250. The van der Waals surface area contributed by atoms with Crippen molar-refractivity contribution in [3.63, 3.8) is 0 Å². The van der Waals surface area contributed by atoms with E-state index in [1.54, 1.807) is 0 Å². The van der Waals surface area contributed by atoms with Gasteiger partial charge in [0.15, 0.2) is 0 Å². The van der Waals surface area contributed by atoms with Gasteiger partial charge >= 0.3 is 5.97 Å². The minimum absolute atomic E-state index is 0.212. The van der Waals surface area contributed by atoms with Gasteiger partial charge in [-0.25, -0.2) is 4.79 Å². The smallest absolute Gasteiger partial charge is 0.330 e. The maximum Gasteiger partial charge on any atom is 0.330 e. The molecule has 0 radical (unpaired) electrons. The van der Waals surface area contributed by atoms with E-state index in [9.17, 15) is 4.79 Å². The highest BCUT2D eigenvalue weighted by atomic mass is 16.5. The summed E-state index contributed by atoms with van der Waals surface area (Å²) < 4.78 is 10.7. The van der Waals surface area contributed by atoms with E-state index in [0.29, 0.717) is 26.1 Å². The highest BCUT2D eigenvalue weighted by Crippen LogP contribution is 2.31. The van der Waals surface area contributed by atoms with Crippen LogP contribution >= 0.6 is 0 Å². The van der Waals surface area contributed by atoms with Crippen molar-refractivity contribution in [2.45, 2.75) is 26.2 Å². The summed E-state index contributed by atoms with van der Waals surface area (Å²) in [6, 6.07) is 0. The van der Waals surface area contributed by atoms with Gasteiger partial charge in [0.05, 0.1) is 19.8 Å². The minimum Gasteiger partial charge on any atom is -0.478 e. The van der Waals surface area contributed by atoms with Crippen molar-refractivity contribution in [2.75, 3.05) is 26.4 Å². The molecule has 1 saturated heterocycles. The van der Waals surface area contributed by atoms with Crippen LogP contribution < -0.4 is 0 Å². The zero-order chi connectivity index (χ0) is 12.0. The van der Waals surface area contributed by atoms with Crippen LogP contribution in [0, 0.1) is 5.41 Å². The predicted molar refractivity (Wildman–Crippen MR) is 60.4 cm³/mol. The predicted octanol–water partition coefficient (Wildman–Crippen LogP) is 1.85. The summed E-state index contributed by atoms with van der Waals surface area (Å²) in [6.45, 7) is 8.47. The summed E-state index contributed by atoms with van der Waals surface area (Å²) in [7, 11) is 0. The number of carboxylic acid groups (broad SMARTS) is 1. The summed E-state index contributed by atoms with van der Waals surface area (Å²) in [6.07, 6.45) is 2.27. The number of carbonyl (C=O) groups is 1. The molecule has 0 unspecified atom stereocenters. The van der Waals surface area contributed by atoms with Crippen LogP contribution in [0.2, 0.25) is 0 Å². The number of rotatable bonds is 8. The summed E-state index contributed by atoms with van der Waals surface area (Å²) in [5.41, 5.74) is 0.463. The van der Waals surface area contributed by atoms with Crippen LogP contribution in [0.3, 0.4) is 0 Å². The minimum atomic E-state index is -0.919. The van der Waals surface area contributed by atoms with Gasteiger partial charge in [-0.3, -0.25) is 0 Å². The Morgan fingerprint density at radius 2 is 2.25 bits per heavy atom. The second-order valence-electron chi connectivity index (χ2n) is 4.41. The average Bonchev–Trinajstić information content (AvgIpc) is 2.20. The fraction of sp³-hybridized carbons (Fsp3) is 0.750. The van der Waals surface area contributed by atoms with Gasteiger partial charge in [0, 0.05) is 17.6 Å². The number of hydrogen-bond donors (Lipinski definition) is 1. The summed E-state index contributed by atoms with van der Waals surface area (Å²) in [5.74, 6) is -0.919. The monoisotopic (exact) mass is 228 g/mol. The first-order valence-electron chi connectivity index (χ1n) is 5.66. The second kappa shape index (κ2) is 6.01. The second-order valence-corrected chi connectivity index (χ2v) is 4.41. The molecule has 0 spiro atoms. The fourth-order valence-electron chi connectivity index (χ4n) is 1.56. The van der Waals surface area contributed by atoms with Gasteiger partial charge in [0.1, 0.15) is 0 Å². The highest BCUT2D eigenvalue weighted by Gasteiger charge is 2.36. The van der Waals surface area contributed by atoms with Crippen LogP contribution in [0.5, 0.6) is 0 Å². The van der Waals surface area contributed by atoms with Crippen LogP contribution in [0.25, 0.3) is 0 Å². The van der Waals surface area contributed by atoms with E-state index in [0.717, 1.165) is 19.6 Å². The molecule has 0 atom stereocenters. The first-order valence-corrected chi connectivity index (χ1v) is 5.66. The largest absolute Gasteiger partial charge is 0.478 e. The van der Waals surface area contributed by atoms with Gasteiger partial charge in [0.25, 0.3) is 0 Å². The van der Waals surface area contributed by atoms with Crippen molar-refractivity contribution in [1.82, 2.24) is 0 Å². The Hall–Kier alpha value is -0.870. The Labute approximate surface area is 96.2 Å². The molecule has 0 aromatic carbocycles. The maximum absolute atomic E-state index is 10.5. The third-order valence-corrected chi connectivity index (χ3v) is 3.04. The van der Waals surface area contributed by atoms with Gasteiger partial charge in [-0.1, -0.05) is 13.5 Å². The van der Waals surface area contributed by atoms with Crippen molar-refractivity contribution in [2.24, 2.45) is 5.41 Å². The molecule has 0 aliphatic carbocycles. The van der Waals surface area contributed by atoms with E-state index in [1.807, 2.05) is 0 Å². The molecule has 4 nitrogen and oxygen atoms in total. The Morgan fingerprint density at radius 1 is 1.56 bits per heavy atom. The molecule has 0 aromatic heterocycles. The molecule has 1 N–H and O–H groups in total. The van der Waals surface area contributed by atoms with E-state index < -0.39 is 5.97 Å². The van der Waals surface area contributed by atoms with Crippen LogP contribution in [0.15, 0.2) is 12.2 Å². The highest BCUT2D eigenvalue weighted by molar-refractivity contribution is 5.85. The topological polar surface area (TPSA) is 55.8 Å². The van der Waals surface area contributed by atoms with Gasteiger partial charge in [-0.2, -0.15) is 0 Å². The molecule has 92 valence electrons. The molecule has 0 aromatic rings. The average molecular weight is 228 g/mol. The summed E-state index contributed by atoms with van der Waals surface area (Å²) in [5, 5.41) is 8.60. The van der Waals surface area contributed by atoms with E-state index in [-0.39, 0.29) is 11.0 Å². The Balaban J connectivity index is 2.04. The summed E-state index contributed by atoms with van der Waals surface area (Å²) in [4.78, 5) is 10.5. The zero-order valence-electron chi connectivity index (χ0n) is 9.83. The molecule has 0 saturated carbocycles. The fourth-order valence-corrected chi connectivity index (χ4v) is 1.56. The number of hydrogen-bond acceptors (Lipinski definition) is 3. The Morgan fingerprint density at radius 3 is 2.69 bits per heavy atom. The molecular weight excluding hydrogens is 208 g/mol. The number of aliphatic carboxylic acids is 1. The number of carboxylic acids is 1. The van der Waals surface area contributed by atoms with Gasteiger partial charge in [-0.15, -0.1) is 0 Å². The van der Waals surface area contributed by atoms with Crippen LogP contribution in [0.1, 0.15) is 26.2 Å².